The molecule has 0 aromatic heterocycles. The van der Waals surface area contributed by atoms with Crippen molar-refractivity contribution in [3.63, 3.8) is 0 Å². The van der Waals surface area contributed by atoms with Crippen molar-refractivity contribution < 1.29 is 53.6 Å². The lowest BCUT2D eigenvalue weighted by atomic mass is 10.0. The van der Waals surface area contributed by atoms with Crippen LogP contribution in [0.1, 0.15) is 6.42 Å². The Hall–Kier alpha value is -0.800. The number of carboxylic acids is 2. The van der Waals surface area contributed by atoms with Crippen LogP contribution < -0.4 is 0 Å². The number of aliphatic hydroxyl groups is 1. The second kappa shape index (κ2) is 5.68. The van der Waals surface area contributed by atoms with Gasteiger partial charge >= 0.3 is 27.1 Å². The lowest BCUT2D eigenvalue weighted by molar-refractivity contribution is -0.143. The largest absolute Gasteiger partial charge is 0.481 e. The normalized spacial score (nSPS) is 17.5. The fourth-order valence-corrected chi connectivity index (χ4v) is 3.06. The van der Waals surface area contributed by atoms with E-state index >= 15 is 0 Å². The van der Waals surface area contributed by atoms with Crippen LogP contribution in [0, 0.1) is 0 Å². The van der Waals surface area contributed by atoms with Gasteiger partial charge in [-0.1, -0.05) is 0 Å². The highest BCUT2D eigenvalue weighted by Gasteiger charge is 2.58. The van der Waals surface area contributed by atoms with Crippen molar-refractivity contribution in [2.45, 2.75) is 17.2 Å². The van der Waals surface area contributed by atoms with E-state index in [2.05, 4.69) is 0 Å². The molecule has 0 aromatic rings. The third-order valence-corrected chi connectivity index (χ3v) is 5.29. The van der Waals surface area contributed by atoms with Gasteiger partial charge < -0.3 is 34.9 Å². The highest BCUT2D eigenvalue weighted by Crippen LogP contribution is 2.57. The average molecular weight is 322 g/mol. The molecule has 112 valence electrons. The van der Waals surface area contributed by atoms with Gasteiger partial charge in [0.2, 0.25) is 0 Å². The summed E-state index contributed by atoms with van der Waals surface area (Å²) in [6.07, 6.45) is -1.62. The molecule has 13 heteroatoms. The molecule has 2 unspecified atom stereocenters. The van der Waals surface area contributed by atoms with Crippen molar-refractivity contribution in [1.82, 2.24) is 0 Å². The minimum absolute atomic E-state index is 1.62. The predicted octanol–water partition coefficient (Wildman–Crippen LogP) is -2.00. The zero-order valence-corrected chi connectivity index (χ0v) is 10.9. The van der Waals surface area contributed by atoms with Gasteiger partial charge in [-0.2, -0.15) is 0 Å². The highest BCUT2D eigenvalue weighted by atomic mass is 31.2. The molecule has 0 aliphatic rings. The number of carbonyl (C=O) groups is 2. The minimum Gasteiger partial charge on any atom is -0.481 e. The van der Waals surface area contributed by atoms with Gasteiger partial charge in [0.25, 0.3) is 0 Å². The van der Waals surface area contributed by atoms with E-state index in [0.29, 0.717) is 0 Å². The first-order valence-electron chi connectivity index (χ1n) is 4.47. The molecule has 2 atom stereocenters. The van der Waals surface area contributed by atoms with E-state index in [9.17, 15) is 18.7 Å². The number of aliphatic hydroxyl groups excluding tert-OH is 1. The van der Waals surface area contributed by atoms with E-state index < -0.39 is 51.0 Å². The molecule has 0 aliphatic carbocycles. The van der Waals surface area contributed by atoms with E-state index in [-0.39, 0.29) is 0 Å². The number of hydrogen-bond acceptors (Lipinski definition) is 5. The lowest BCUT2D eigenvalue weighted by Crippen LogP contribution is -2.46. The van der Waals surface area contributed by atoms with Crippen LogP contribution in [0.15, 0.2) is 0 Å². The fraction of sp³-hybridized carbons (Fsp3) is 0.667. The molecule has 0 saturated carbocycles. The maximum absolute atomic E-state index is 11.1. The lowest BCUT2D eigenvalue weighted by Gasteiger charge is -2.30. The Morgan fingerprint density at radius 2 is 1.47 bits per heavy atom. The van der Waals surface area contributed by atoms with Gasteiger partial charge in [-0.05, 0) is 0 Å². The Morgan fingerprint density at radius 3 is 1.63 bits per heavy atom. The van der Waals surface area contributed by atoms with Crippen molar-refractivity contribution in [3.05, 3.63) is 0 Å². The summed E-state index contributed by atoms with van der Waals surface area (Å²) in [7, 11) is -11.0. The zero-order chi connectivity index (χ0) is 15.6. The quantitative estimate of drug-likeness (QED) is 0.255. The maximum atomic E-state index is 11.1. The van der Waals surface area contributed by atoms with Gasteiger partial charge in [0.15, 0.2) is 10.8 Å². The van der Waals surface area contributed by atoms with Crippen molar-refractivity contribution in [3.8, 4) is 0 Å². The second-order valence-electron chi connectivity index (χ2n) is 3.69. The first-order valence-corrected chi connectivity index (χ1v) is 7.77. The summed E-state index contributed by atoms with van der Waals surface area (Å²) in [5.41, 5.74) is -2.66. The van der Waals surface area contributed by atoms with E-state index in [4.69, 9.17) is 34.9 Å². The van der Waals surface area contributed by atoms with Crippen molar-refractivity contribution in [2.24, 2.45) is 0 Å². The summed E-state index contributed by atoms with van der Waals surface area (Å²) in [5, 5.41) is 22.9. The minimum atomic E-state index is -5.58. The smallest absolute Gasteiger partial charge is 0.345 e. The maximum Gasteiger partial charge on any atom is 0.345 e. The summed E-state index contributed by atoms with van der Waals surface area (Å²) in [6, 6.07) is 0. The summed E-state index contributed by atoms with van der Waals surface area (Å²) in [5.74, 6) is -4.40. The molecular formula is C6H12O11P2. The van der Waals surface area contributed by atoms with Gasteiger partial charge in [0.1, 0.15) is 0 Å². The third kappa shape index (κ3) is 3.83. The molecule has 0 rings (SSSR count). The number of aliphatic carboxylic acids is 2. The van der Waals surface area contributed by atoms with Crippen LogP contribution in [0.4, 0.5) is 0 Å². The Bertz CT molecular complexity index is 460. The molecule has 0 radical (unpaired) electrons. The topological polar surface area (TPSA) is 210 Å². The van der Waals surface area contributed by atoms with Crippen LogP contribution in [0.2, 0.25) is 0 Å². The predicted molar refractivity (Wildman–Crippen MR) is 57.6 cm³/mol. The molecule has 0 amide bonds. The number of rotatable bonds is 7. The van der Waals surface area contributed by atoms with E-state index in [1.165, 1.54) is 0 Å². The van der Waals surface area contributed by atoms with Crippen molar-refractivity contribution in [2.75, 3.05) is 6.61 Å². The van der Waals surface area contributed by atoms with Crippen molar-refractivity contribution >= 4 is 27.1 Å². The molecule has 0 fully saturated rings. The molecule has 0 saturated heterocycles. The highest BCUT2D eigenvalue weighted by molar-refractivity contribution is 7.55. The molecule has 19 heavy (non-hydrogen) atoms. The first-order chi connectivity index (χ1) is 8.29. The summed E-state index contributed by atoms with van der Waals surface area (Å²) in [6.45, 7) is -1.68. The summed E-state index contributed by atoms with van der Waals surface area (Å²) < 4.78 is 22.0. The van der Waals surface area contributed by atoms with Crippen LogP contribution in [0.3, 0.4) is 0 Å². The second-order valence-corrected chi connectivity index (χ2v) is 7.43. The van der Waals surface area contributed by atoms with Gasteiger partial charge in [-0.25, -0.2) is 0 Å². The van der Waals surface area contributed by atoms with Gasteiger partial charge in [-0.3, -0.25) is 18.7 Å². The summed E-state index contributed by atoms with van der Waals surface area (Å²) >= 11 is 0. The Balaban J connectivity index is 5.83. The molecule has 0 heterocycles. The standard InChI is InChI=1S/C6H12O11P2/c7-2-6(5(10)11,19(15,16)17)1-3(4(8)9)18(12,13)14/h3,7H,1-2H2,(H,8,9)(H,10,11)(H2,12,13,14)(H2,15,16,17). The third-order valence-electron chi connectivity index (χ3n) is 2.44. The average Bonchev–Trinajstić information content (AvgIpc) is 2.13. The van der Waals surface area contributed by atoms with Crippen LogP contribution in [-0.2, 0) is 18.7 Å². The summed E-state index contributed by atoms with van der Waals surface area (Å²) in [4.78, 5) is 56.9. The fourth-order valence-electron chi connectivity index (χ4n) is 1.23. The van der Waals surface area contributed by atoms with Crippen molar-refractivity contribution in [1.29, 1.82) is 0 Å². The molecule has 0 aromatic carbocycles. The van der Waals surface area contributed by atoms with Crippen LogP contribution in [-0.4, -0.2) is 64.3 Å². The van der Waals surface area contributed by atoms with E-state index in [1.807, 2.05) is 0 Å². The van der Waals surface area contributed by atoms with Crippen LogP contribution >= 0.6 is 15.2 Å². The van der Waals surface area contributed by atoms with Crippen LogP contribution in [0.5, 0.6) is 0 Å². The zero-order valence-electron chi connectivity index (χ0n) is 9.15. The molecule has 0 aliphatic heterocycles. The SMILES string of the molecule is O=C(O)C(CC(CO)(C(=O)O)P(=O)(O)O)P(=O)(O)O. The van der Waals surface area contributed by atoms with Gasteiger partial charge in [0.05, 0.1) is 6.61 Å². The first kappa shape index (κ1) is 18.2. The van der Waals surface area contributed by atoms with E-state index in [1.54, 1.807) is 0 Å². The number of carboxylic acid groups (broad SMARTS) is 2. The molecule has 11 nitrogen and oxygen atoms in total. The Morgan fingerprint density at radius 1 is 1.05 bits per heavy atom. The van der Waals surface area contributed by atoms with Crippen LogP contribution in [0.25, 0.3) is 0 Å². The van der Waals surface area contributed by atoms with Gasteiger partial charge in [-0.15, -0.1) is 0 Å². The Kier molecular flexibility index (Phi) is 5.44. The molecular weight excluding hydrogens is 310 g/mol. The van der Waals surface area contributed by atoms with Gasteiger partial charge in [0, 0.05) is 6.42 Å². The molecule has 0 spiro atoms. The monoisotopic (exact) mass is 322 g/mol. The number of hydrogen-bond donors (Lipinski definition) is 7. The Labute approximate surface area is 105 Å². The van der Waals surface area contributed by atoms with E-state index in [0.717, 1.165) is 0 Å². The molecule has 0 bridgehead atoms. The molecule has 7 N–H and O–H groups in total.